The lowest BCUT2D eigenvalue weighted by Gasteiger charge is -1.97. The zero-order valence-corrected chi connectivity index (χ0v) is 9.33. The fraction of sp³-hybridized carbons (Fsp3) is 0. The van der Waals surface area contributed by atoms with Crippen LogP contribution in [0.4, 0.5) is 0 Å². The van der Waals surface area contributed by atoms with Crippen molar-refractivity contribution >= 4 is 16.9 Å². The summed E-state index contributed by atoms with van der Waals surface area (Å²) in [6.45, 7) is 0. The first-order valence-corrected chi connectivity index (χ1v) is 5.41. The van der Waals surface area contributed by atoms with Gasteiger partial charge in [-0.2, -0.15) is 0 Å². The normalized spacial score (nSPS) is 10.7. The van der Waals surface area contributed by atoms with Crippen LogP contribution in [0.15, 0.2) is 53.2 Å². The van der Waals surface area contributed by atoms with Crippen LogP contribution >= 0.6 is 0 Å². The number of fused-ring (bicyclic) bond motifs is 1. The van der Waals surface area contributed by atoms with Gasteiger partial charge in [-0.05, 0) is 18.2 Å². The minimum atomic E-state index is -1.000. The summed E-state index contributed by atoms with van der Waals surface area (Å²) in [5, 5.41) is 9.91. The Bertz CT molecular complexity index is 697. The number of benzene rings is 1. The third-order valence-electron chi connectivity index (χ3n) is 2.70. The van der Waals surface area contributed by atoms with Gasteiger partial charge in [0.25, 0.3) is 0 Å². The molecule has 3 rings (SSSR count). The molecule has 0 aliphatic rings. The van der Waals surface area contributed by atoms with E-state index in [0.29, 0.717) is 11.3 Å². The van der Waals surface area contributed by atoms with E-state index in [2.05, 4.69) is 4.98 Å². The Morgan fingerprint density at radius 2 is 2.00 bits per heavy atom. The minimum absolute atomic E-state index is 0.146. The zero-order valence-electron chi connectivity index (χ0n) is 9.33. The topological polar surface area (TPSA) is 63.3 Å². The summed E-state index contributed by atoms with van der Waals surface area (Å²) < 4.78 is 5.66. The highest BCUT2D eigenvalue weighted by Gasteiger charge is 2.09. The molecule has 0 radical (unpaired) electrons. The van der Waals surface area contributed by atoms with Gasteiger partial charge in [0.2, 0.25) is 0 Å². The quantitative estimate of drug-likeness (QED) is 0.745. The SMILES string of the molecule is O=C(O)c1cncc(-c2cc3ccccc3o2)c1. The van der Waals surface area contributed by atoms with E-state index in [4.69, 9.17) is 9.52 Å². The molecule has 0 atom stereocenters. The van der Waals surface area contributed by atoms with Crippen LogP contribution in [0.5, 0.6) is 0 Å². The maximum Gasteiger partial charge on any atom is 0.337 e. The standard InChI is InChI=1S/C14H9NO3/c16-14(17)11-5-10(7-15-8-11)13-6-9-3-1-2-4-12(9)18-13/h1-8H,(H,16,17). The van der Waals surface area contributed by atoms with Crippen molar-refractivity contribution in [1.82, 2.24) is 4.98 Å². The van der Waals surface area contributed by atoms with Gasteiger partial charge < -0.3 is 9.52 Å². The van der Waals surface area contributed by atoms with Gasteiger partial charge in [0.15, 0.2) is 0 Å². The molecule has 3 aromatic rings. The number of furan rings is 1. The van der Waals surface area contributed by atoms with Crippen LogP contribution in [-0.2, 0) is 0 Å². The number of nitrogens with zero attached hydrogens (tertiary/aromatic N) is 1. The highest BCUT2D eigenvalue weighted by Crippen LogP contribution is 2.27. The molecule has 0 bridgehead atoms. The summed E-state index contributed by atoms with van der Waals surface area (Å²) >= 11 is 0. The number of aromatic carboxylic acids is 1. The van der Waals surface area contributed by atoms with Crippen molar-refractivity contribution in [2.45, 2.75) is 0 Å². The van der Waals surface area contributed by atoms with E-state index >= 15 is 0 Å². The van der Waals surface area contributed by atoms with Crippen LogP contribution in [0.2, 0.25) is 0 Å². The molecule has 0 amide bonds. The lowest BCUT2D eigenvalue weighted by molar-refractivity contribution is 0.0696. The second-order valence-corrected chi connectivity index (χ2v) is 3.92. The summed E-state index contributed by atoms with van der Waals surface area (Å²) in [5.74, 6) is -0.382. The number of hydrogen-bond acceptors (Lipinski definition) is 3. The number of rotatable bonds is 2. The monoisotopic (exact) mass is 239 g/mol. The van der Waals surface area contributed by atoms with E-state index in [1.807, 2.05) is 30.3 Å². The molecule has 0 aliphatic carbocycles. The van der Waals surface area contributed by atoms with Gasteiger partial charge in [-0.3, -0.25) is 4.98 Å². The molecule has 0 fully saturated rings. The third kappa shape index (κ3) is 1.73. The number of carbonyl (C=O) groups is 1. The third-order valence-corrected chi connectivity index (χ3v) is 2.70. The van der Waals surface area contributed by atoms with Crippen LogP contribution in [0.3, 0.4) is 0 Å². The van der Waals surface area contributed by atoms with Crippen LogP contribution in [0.1, 0.15) is 10.4 Å². The Kier molecular flexibility index (Phi) is 2.34. The number of para-hydroxylation sites is 1. The Hall–Kier alpha value is -2.62. The Balaban J connectivity index is 2.13. The lowest BCUT2D eigenvalue weighted by Crippen LogP contribution is -1.96. The number of aromatic nitrogens is 1. The van der Waals surface area contributed by atoms with Crippen molar-refractivity contribution in [2.24, 2.45) is 0 Å². The van der Waals surface area contributed by atoms with Crippen LogP contribution in [0, 0.1) is 0 Å². The van der Waals surface area contributed by atoms with E-state index in [1.165, 1.54) is 6.20 Å². The van der Waals surface area contributed by atoms with Crippen molar-refractivity contribution < 1.29 is 14.3 Å². The zero-order chi connectivity index (χ0) is 12.5. The van der Waals surface area contributed by atoms with Crippen LogP contribution in [-0.4, -0.2) is 16.1 Å². The largest absolute Gasteiger partial charge is 0.478 e. The van der Waals surface area contributed by atoms with Gasteiger partial charge >= 0.3 is 5.97 Å². The van der Waals surface area contributed by atoms with E-state index in [1.54, 1.807) is 12.3 Å². The molecule has 18 heavy (non-hydrogen) atoms. The Morgan fingerprint density at radius 1 is 1.17 bits per heavy atom. The van der Waals surface area contributed by atoms with E-state index in [9.17, 15) is 4.79 Å². The van der Waals surface area contributed by atoms with Crippen LogP contribution < -0.4 is 0 Å². The first-order chi connectivity index (χ1) is 8.74. The highest BCUT2D eigenvalue weighted by atomic mass is 16.4. The molecule has 4 heteroatoms. The van der Waals surface area contributed by atoms with Gasteiger partial charge in [-0.25, -0.2) is 4.79 Å². The second-order valence-electron chi connectivity index (χ2n) is 3.92. The predicted octanol–water partition coefficient (Wildman–Crippen LogP) is 3.19. The summed E-state index contributed by atoms with van der Waals surface area (Å²) in [6, 6.07) is 11.0. The van der Waals surface area contributed by atoms with Crippen molar-refractivity contribution in [3.05, 3.63) is 54.4 Å². The number of pyridine rings is 1. The maximum absolute atomic E-state index is 10.9. The molecule has 88 valence electrons. The number of carboxylic acid groups (broad SMARTS) is 1. The Labute approximate surface area is 103 Å². The van der Waals surface area contributed by atoms with Gasteiger partial charge in [-0.1, -0.05) is 18.2 Å². The maximum atomic E-state index is 10.9. The van der Waals surface area contributed by atoms with E-state index < -0.39 is 5.97 Å². The average molecular weight is 239 g/mol. The molecular weight excluding hydrogens is 230 g/mol. The smallest absolute Gasteiger partial charge is 0.337 e. The number of hydrogen-bond donors (Lipinski definition) is 1. The fourth-order valence-corrected chi connectivity index (χ4v) is 1.82. The molecule has 0 aliphatic heterocycles. The Morgan fingerprint density at radius 3 is 2.78 bits per heavy atom. The lowest BCUT2D eigenvalue weighted by atomic mass is 10.1. The molecule has 0 unspecified atom stereocenters. The second kappa shape index (κ2) is 4.00. The molecule has 4 nitrogen and oxygen atoms in total. The molecule has 2 heterocycles. The van der Waals surface area contributed by atoms with Crippen molar-refractivity contribution in [2.75, 3.05) is 0 Å². The van der Waals surface area contributed by atoms with Crippen molar-refractivity contribution in [3.8, 4) is 11.3 Å². The summed E-state index contributed by atoms with van der Waals surface area (Å²) in [6.07, 6.45) is 2.90. The first-order valence-electron chi connectivity index (χ1n) is 5.41. The predicted molar refractivity (Wildman–Crippen MR) is 66.4 cm³/mol. The van der Waals surface area contributed by atoms with Gasteiger partial charge in [-0.15, -0.1) is 0 Å². The van der Waals surface area contributed by atoms with E-state index in [0.717, 1.165) is 11.0 Å². The molecule has 1 aromatic carbocycles. The highest BCUT2D eigenvalue weighted by molar-refractivity contribution is 5.89. The summed E-state index contributed by atoms with van der Waals surface area (Å²) in [7, 11) is 0. The van der Waals surface area contributed by atoms with Gasteiger partial charge in [0.05, 0.1) is 5.56 Å². The molecular formula is C14H9NO3. The first kappa shape index (κ1) is 10.5. The average Bonchev–Trinajstić information content (AvgIpc) is 2.82. The van der Waals surface area contributed by atoms with Crippen molar-refractivity contribution in [3.63, 3.8) is 0 Å². The molecule has 0 spiro atoms. The molecule has 1 N–H and O–H groups in total. The fourth-order valence-electron chi connectivity index (χ4n) is 1.82. The summed E-state index contributed by atoms with van der Waals surface area (Å²) in [5.41, 5.74) is 1.58. The van der Waals surface area contributed by atoms with Gasteiger partial charge in [0, 0.05) is 23.3 Å². The molecule has 0 saturated carbocycles. The van der Waals surface area contributed by atoms with E-state index in [-0.39, 0.29) is 5.56 Å². The molecule has 0 saturated heterocycles. The summed E-state index contributed by atoms with van der Waals surface area (Å²) in [4.78, 5) is 14.8. The molecule has 2 aromatic heterocycles. The van der Waals surface area contributed by atoms with Gasteiger partial charge in [0.1, 0.15) is 11.3 Å². The van der Waals surface area contributed by atoms with Crippen molar-refractivity contribution in [1.29, 1.82) is 0 Å². The number of carboxylic acids is 1. The van der Waals surface area contributed by atoms with Crippen LogP contribution in [0.25, 0.3) is 22.3 Å². The minimum Gasteiger partial charge on any atom is -0.478 e.